The lowest BCUT2D eigenvalue weighted by molar-refractivity contribution is -0.116. The molecule has 0 aliphatic heterocycles. The molecule has 0 bridgehead atoms. The van der Waals surface area contributed by atoms with Gasteiger partial charge in [-0.2, -0.15) is 8.42 Å². The van der Waals surface area contributed by atoms with E-state index in [0.717, 1.165) is 21.3 Å². The van der Waals surface area contributed by atoms with Crippen molar-refractivity contribution < 1.29 is 17.8 Å². The molecular weight excluding hydrogens is 360 g/mol. The first-order chi connectivity index (χ1) is 11.8. The molecule has 0 saturated heterocycles. The Morgan fingerprint density at radius 1 is 1.16 bits per heavy atom. The van der Waals surface area contributed by atoms with Gasteiger partial charge < -0.3 is 5.32 Å². The first kappa shape index (κ1) is 17.5. The Morgan fingerprint density at radius 3 is 2.44 bits per heavy atom. The summed E-state index contributed by atoms with van der Waals surface area (Å²) < 4.78 is 33.8. The van der Waals surface area contributed by atoms with Gasteiger partial charge in [-0.3, -0.25) is 9.35 Å². The maximum Gasteiger partial charge on any atom is 0.281 e. The van der Waals surface area contributed by atoms with Crippen LogP contribution in [0.2, 0.25) is 0 Å². The highest BCUT2D eigenvalue weighted by Crippen LogP contribution is 2.30. The fourth-order valence-corrected chi connectivity index (χ4v) is 4.27. The Bertz CT molecular complexity index is 1000. The van der Waals surface area contributed by atoms with Crippen molar-refractivity contribution in [3.8, 4) is 0 Å². The van der Waals surface area contributed by atoms with Crippen molar-refractivity contribution in [2.45, 2.75) is 19.1 Å². The molecule has 1 heterocycles. The highest BCUT2D eigenvalue weighted by atomic mass is 32.2. The second kappa shape index (κ2) is 6.55. The van der Waals surface area contributed by atoms with E-state index in [1.54, 1.807) is 18.2 Å². The lowest BCUT2D eigenvalue weighted by Crippen LogP contribution is -2.27. The molecule has 8 heteroatoms. The van der Waals surface area contributed by atoms with Gasteiger partial charge in [-0.25, -0.2) is 4.98 Å². The highest BCUT2D eigenvalue weighted by molar-refractivity contribution is 7.86. The van der Waals surface area contributed by atoms with Crippen molar-refractivity contribution in [3.05, 3.63) is 59.2 Å². The van der Waals surface area contributed by atoms with Crippen LogP contribution in [0.1, 0.15) is 21.9 Å². The molecule has 1 atom stereocenters. The SMILES string of the molecule is Cc1cc2nc(NC(=O)C(c3ccccc3)S(=O)(=O)O)sc2cc1C. The third kappa shape index (κ3) is 3.71. The van der Waals surface area contributed by atoms with Crippen molar-refractivity contribution in [2.24, 2.45) is 0 Å². The van der Waals surface area contributed by atoms with Gasteiger partial charge in [-0.05, 0) is 42.7 Å². The van der Waals surface area contributed by atoms with Gasteiger partial charge in [0, 0.05) is 0 Å². The summed E-state index contributed by atoms with van der Waals surface area (Å²) in [6, 6.07) is 11.7. The summed E-state index contributed by atoms with van der Waals surface area (Å²) in [5.41, 5.74) is 3.10. The van der Waals surface area contributed by atoms with E-state index < -0.39 is 21.3 Å². The number of nitrogens with one attached hydrogen (secondary N) is 1. The topological polar surface area (TPSA) is 96.4 Å². The quantitative estimate of drug-likeness (QED) is 0.680. The molecule has 3 aromatic rings. The van der Waals surface area contributed by atoms with Crippen LogP contribution >= 0.6 is 11.3 Å². The Kier molecular flexibility index (Phi) is 4.59. The zero-order valence-electron chi connectivity index (χ0n) is 13.6. The number of benzene rings is 2. The molecular formula is C17H16N2O4S2. The minimum absolute atomic E-state index is 0.190. The van der Waals surface area contributed by atoms with Crippen LogP contribution in [0.5, 0.6) is 0 Å². The minimum atomic E-state index is -4.62. The minimum Gasteiger partial charge on any atom is -0.300 e. The van der Waals surface area contributed by atoms with Crippen LogP contribution in [0.25, 0.3) is 10.2 Å². The van der Waals surface area contributed by atoms with Crippen molar-refractivity contribution in [3.63, 3.8) is 0 Å². The van der Waals surface area contributed by atoms with Crippen molar-refractivity contribution in [2.75, 3.05) is 5.32 Å². The molecule has 3 rings (SSSR count). The number of hydrogen-bond acceptors (Lipinski definition) is 5. The van der Waals surface area contributed by atoms with Crippen LogP contribution in [0.4, 0.5) is 5.13 Å². The number of aromatic nitrogens is 1. The van der Waals surface area contributed by atoms with Crippen molar-refractivity contribution in [1.29, 1.82) is 0 Å². The third-order valence-corrected chi connectivity index (χ3v) is 5.89. The third-order valence-electron chi connectivity index (χ3n) is 3.87. The van der Waals surface area contributed by atoms with Gasteiger partial charge >= 0.3 is 0 Å². The molecule has 130 valence electrons. The molecule has 0 radical (unpaired) electrons. The fraction of sp³-hybridized carbons (Fsp3) is 0.176. The molecule has 0 aliphatic carbocycles. The molecule has 2 aromatic carbocycles. The predicted octanol–water partition coefficient (Wildman–Crippen LogP) is 3.48. The Labute approximate surface area is 149 Å². The number of amides is 1. The molecule has 6 nitrogen and oxygen atoms in total. The van der Waals surface area contributed by atoms with Gasteiger partial charge in [-0.15, -0.1) is 0 Å². The average molecular weight is 376 g/mol. The van der Waals surface area contributed by atoms with Crippen LogP contribution in [-0.4, -0.2) is 23.9 Å². The Hall–Kier alpha value is -2.29. The van der Waals surface area contributed by atoms with Crippen LogP contribution < -0.4 is 5.32 Å². The fourth-order valence-electron chi connectivity index (χ4n) is 2.49. The van der Waals surface area contributed by atoms with E-state index >= 15 is 0 Å². The summed E-state index contributed by atoms with van der Waals surface area (Å²) >= 11 is 1.25. The number of carbonyl (C=O) groups excluding carboxylic acids is 1. The molecule has 0 saturated carbocycles. The standard InChI is InChI=1S/C17H16N2O4S2/c1-10-8-13-14(9-11(10)2)24-17(18-13)19-16(20)15(25(21,22)23)12-6-4-3-5-7-12/h3-9,15H,1-2H3,(H,18,19,20)(H,21,22,23). The highest BCUT2D eigenvalue weighted by Gasteiger charge is 2.33. The van der Waals surface area contributed by atoms with E-state index in [1.165, 1.54) is 23.5 Å². The van der Waals surface area contributed by atoms with E-state index in [4.69, 9.17) is 0 Å². The Morgan fingerprint density at radius 2 is 1.80 bits per heavy atom. The number of anilines is 1. The lowest BCUT2D eigenvalue weighted by Gasteiger charge is -2.13. The summed E-state index contributed by atoms with van der Waals surface area (Å²) in [7, 11) is -4.62. The molecule has 1 amide bonds. The largest absolute Gasteiger partial charge is 0.300 e. The first-order valence-corrected chi connectivity index (χ1v) is 9.77. The van der Waals surface area contributed by atoms with Crippen molar-refractivity contribution >= 4 is 42.7 Å². The zero-order chi connectivity index (χ0) is 18.2. The van der Waals surface area contributed by atoms with Gasteiger partial charge in [0.15, 0.2) is 10.4 Å². The number of nitrogens with zero attached hydrogens (tertiary/aromatic N) is 1. The Balaban J connectivity index is 1.94. The summed E-state index contributed by atoms with van der Waals surface area (Å²) in [4.78, 5) is 16.8. The molecule has 1 aromatic heterocycles. The smallest absolute Gasteiger partial charge is 0.281 e. The first-order valence-electron chi connectivity index (χ1n) is 7.45. The molecule has 0 fully saturated rings. The number of hydrogen-bond donors (Lipinski definition) is 2. The predicted molar refractivity (Wildman–Crippen MR) is 98.5 cm³/mol. The monoisotopic (exact) mass is 376 g/mol. The summed E-state index contributed by atoms with van der Waals surface area (Å²) in [6.07, 6.45) is 0. The van der Waals surface area contributed by atoms with Gasteiger partial charge in [-0.1, -0.05) is 41.7 Å². The number of rotatable bonds is 4. The molecule has 25 heavy (non-hydrogen) atoms. The van der Waals surface area contributed by atoms with Crippen LogP contribution in [0.15, 0.2) is 42.5 Å². The van der Waals surface area contributed by atoms with Crippen LogP contribution in [0, 0.1) is 13.8 Å². The van der Waals surface area contributed by atoms with E-state index in [0.29, 0.717) is 0 Å². The summed E-state index contributed by atoms with van der Waals surface area (Å²) in [6.45, 7) is 3.95. The van der Waals surface area contributed by atoms with Gasteiger partial charge in [0.2, 0.25) is 0 Å². The summed E-state index contributed by atoms with van der Waals surface area (Å²) in [5, 5.41) is 1.09. The van der Waals surface area contributed by atoms with Crippen molar-refractivity contribution in [1.82, 2.24) is 4.98 Å². The molecule has 2 N–H and O–H groups in total. The number of thiazole rings is 1. The molecule has 0 aliphatic rings. The number of fused-ring (bicyclic) bond motifs is 1. The van der Waals surface area contributed by atoms with E-state index in [2.05, 4.69) is 10.3 Å². The normalized spacial score (nSPS) is 12.9. The van der Waals surface area contributed by atoms with Gasteiger partial charge in [0.05, 0.1) is 10.2 Å². The second-order valence-corrected chi connectivity index (χ2v) is 8.25. The second-order valence-electron chi connectivity index (χ2n) is 5.72. The van der Waals surface area contributed by atoms with E-state index in [-0.39, 0.29) is 10.7 Å². The van der Waals surface area contributed by atoms with Gasteiger partial charge in [0.25, 0.3) is 16.0 Å². The van der Waals surface area contributed by atoms with Gasteiger partial charge in [0.1, 0.15) is 0 Å². The average Bonchev–Trinajstić information content (AvgIpc) is 2.88. The zero-order valence-corrected chi connectivity index (χ0v) is 15.2. The van der Waals surface area contributed by atoms with Crippen LogP contribution in [-0.2, 0) is 14.9 Å². The number of carbonyl (C=O) groups is 1. The van der Waals surface area contributed by atoms with Crippen LogP contribution in [0.3, 0.4) is 0 Å². The lowest BCUT2D eigenvalue weighted by atomic mass is 10.1. The molecule has 0 spiro atoms. The van der Waals surface area contributed by atoms with E-state index in [1.807, 2.05) is 26.0 Å². The maximum atomic E-state index is 12.5. The molecule has 1 unspecified atom stereocenters. The summed E-state index contributed by atoms with van der Waals surface area (Å²) in [5.74, 6) is -0.846. The number of aryl methyl sites for hydroxylation is 2. The van der Waals surface area contributed by atoms with E-state index in [9.17, 15) is 17.8 Å². The maximum absolute atomic E-state index is 12.5.